The van der Waals surface area contributed by atoms with Gasteiger partial charge in [0.15, 0.2) is 0 Å². The summed E-state index contributed by atoms with van der Waals surface area (Å²) in [6.07, 6.45) is 3.47. The number of carboxylic acid groups (broad SMARTS) is 1. The highest BCUT2D eigenvalue weighted by Crippen LogP contribution is 2.04. The molecule has 0 aromatic carbocycles. The van der Waals surface area contributed by atoms with Crippen LogP contribution < -0.4 is 5.73 Å². The Bertz CT molecular complexity index is 245. The van der Waals surface area contributed by atoms with Crippen molar-refractivity contribution >= 4 is 5.97 Å². The van der Waals surface area contributed by atoms with Gasteiger partial charge in [-0.05, 0) is 19.1 Å². The van der Waals surface area contributed by atoms with Crippen LogP contribution in [0.5, 0.6) is 0 Å². The Labute approximate surface area is 82.8 Å². The Morgan fingerprint density at radius 2 is 1.93 bits per heavy atom. The van der Waals surface area contributed by atoms with E-state index >= 15 is 0 Å². The average molecular weight is 200 g/mol. The molecule has 5 nitrogen and oxygen atoms in total. The zero-order chi connectivity index (χ0) is 11.0. The van der Waals surface area contributed by atoms with Crippen LogP contribution in [0.15, 0.2) is 24.5 Å². The molecule has 1 unspecified atom stereocenters. The highest BCUT2D eigenvalue weighted by Gasteiger charge is 2.09. The Balaban J connectivity index is 0.000000364. The Kier molecular flexibility index (Phi) is 6.43. The van der Waals surface area contributed by atoms with E-state index in [1.54, 1.807) is 36.0 Å². The molecule has 5 heteroatoms. The number of carbonyl (C=O) groups is 1. The molecule has 1 aromatic heterocycles. The second kappa shape index (κ2) is 7.11. The number of aromatic nitrogens is 1. The first kappa shape index (κ1) is 12.7. The van der Waals surface area contributed by atoms with Gasteiger partial charge >= 0.3 is 5.97 Å². The lowest BCUT2D eigenvalue weighted by atomic mass is 10.3. The van der Waals surface area contributed by atoms with E-state index in [-0.39, 0.29) is 6.61 Å². The van der Waals surface area contributed by atoms with Crippen LogP contribution in [-0.2, 0) is 4.79 Å². The molecule has 0 saturated heterocycles. The summed E-state index contributed by atoms with van der Waals surface area (Å²) < 4.78 is 1.64. The topological polar surface area (TPSA) is 88.5 Å². The average Bonchev–Trinajstić information content (AvgIpc) is 2.69. The van der Waals surface area contributed by atoms with Crippen LogP contribution in [0.3, 0.4) is 0 Å². The molecule has 0 saturated carbocycles. The molecule has 0 aliphatic carbocycles. The SMILES string of the molecule is CC(C(=O)O)n1cccc1.NCCO. The fraction of sp³-hybridized carbons (Fsp3) is 0.444. The third-order valence-electron chi connectivity index (χ3n) is 1.56. The zero-order valence-corrected chi connectivity index (χ0v) is 8.13. The van der Waals surface area contributed by atoms with Crippen molar-refractivity contribution in [3.8, 4) is 0 Å². The van der Waals surface area contributed by atoms with Crippen molar-refractivity contribution in [2.75, 3.05) is 13.2 Å². The zero-order valence-electron chi connectivity index (χ0n) is 8.13. The second-order valence-corrected chi connectivity index (χ2v) is 2.66. The van der Waals surface area contributed by atoms with Crippen LogP contribution in [0, 0.1) is 0 Å². The lowest BCUT2D eigenvalue weighted by Crippen LogP contribution is -2.13. The summed E-state index contributed by atoms with van der Waals surface area (Å²) in [5.41, 5.74) is 4.78. The van der Waals surface area contributed by atoms with Gasteiger partial charge in [-0.1, -0.05) is 0 Å². The maximum absolute atomic E-state index is 10.4. The summed E-state index contributed by atoms with van der Waals surface area (Å²) in [6.45, 7) is 2.11. The van der Waals surface area contributed by atoms with Crippen LogP contribution in [0.4, 0.5) is 0 Å². The summed E-state index contributed by atoms with van der Waals surface area (Å²) in [5, 5.41) is 16.3. The molecule has 1 heterocycles. The third-order valence-corrected chi connectivity index (χ3v) is 1.56. The van der Waals surface area contributed by atoms with Crippen LogP contribution >= 0.6 is 0 Å². The normalized spacial score (nSPS) is 11.4. The van der Waals surface area contributed by atoms with Crippen LogP contribution in [0.25, 0.3) is 0 Å². The Hall–Kier alpha value is -1.33. The van der Waals surface area contributed by atoms with Crippen molar-refractivity contribution in [3.05, 3.63) is 24.5 Å². The van der Waals surface area contributed by atoms with Crippen molar-refractivity contribution in [1.82, 2.24) is 4.57 Å². The molecule has 0 aliphatic heterocycles. The maximum Gasteiger partial charge on any atom is 0.326 e. The van der Waals surface area contributed by atoms with Gasteiger partial charge in [0.05, 0.1) is 6.61 Å². The van der Waals surface area contributed by atoms with E-state index in [1.165, 1.54) is 0 Å². The van der Waals surface area contributed by atoms with E-state index < -0.39 is 12.0 Å². The molecular weight excluding hydrogens is 184 g/mol. The lowest BCUT2D eigenvalue weighted by molar-refractivity contribution is -0.140. The van der Waals surface area contributed by atoms with E-state index in [0.29, 0.717) is 6.54 Å². The molecule has 0 bridgehead atoms. The molecule has 14 heavy (non-hydrogen) atoms. The molecule has 0 spiro atoms. The van der Waals surface area contributed by atoms with E-state index in [9.17, 15) is 4.79 Å². The largest absolute Gasteiger partial charge is 0.480 e. The Morgan fingerprint density at radius 1 is 1.50 bits per heavy atom. The Morgan fingerprint density at radius 3 is 2.21 bits per heavy atom. The van der Waals surface area contributed by atoms with Gasteiger partial charge in [-0.2, -0.15) is 0 Å². The van der Waals surface area contributed by atoms with Crippen molar-refractivity contribution in [1.29, 1.82) is 0 Å². The van der Waals surface area contributed by atoms with E-state index in [4.69, 9.17) is 15.9 Å². The van der Waals surface area contributed by atoms with Gasteiger partial charge in [0.1, 0.15) is 6.04 Å². The van der Waals surface area contributed by atoms with Crippen molar-refractivity contribution < 1.29 is 15.0 Å². The number of hydrogen-bond donors (Lipinski definition) is 3. The summed E-state index contributed by atoms with van der Waals surface area (Å²) >= 11 is 0. The number of aliphatic carboxylic acids is 1. The highest BCUT2D eigenvalue weighted by molar-refractivity contribution is 5.71. The van der Waals surface area contributed by atoms with Gasteiger partial charge in [0.25, 0.3) is 0 Å². The van der Waals surface area contributed by atoms with E-state index in [1.807, 2.05) is 0 Å². The predicted octanol–water partition coefficient (Wildman–Crippen LogP) is 0.0711. The minimum atomic E-state index is -0.809. The monoisotopic (exact) mass is 200 g/mol. The van der Waals surface area contributed by atoms with Crippen molar-refractivity contribution in [2.45, 2.75) is 13.0 Å². The summed E-state index contributed by atoms with van der Waals surface area (Å²) in [6, 6.07) is 3.15. The van der Waals surface area contributed by atoms with Gasteiger partial charge < -0.3 is 20.5 Å². The molecule has 1 atom stereocenters. The van der Waals surface area contributed by atoms with Crippen molar-refractivity contribution in [3.63, 3.8) is 0 Å². The standard InChI is InChI=1S/C7H9NO2.C2H7NO/c1-6(7(9)10)8-4-2-3-5-8;3-1-2-4/h2-6H,1H3,(H,9,10);4H,1-3H2. The van der Waals surface area contributed by atoms with E-state index in [0.717, 1.165) is 0 Å². The fourth-order valence-electron chi connectivity index (χ4n) is 0.734. The van der Waals surface area contributed by atoms with Crippen molar-refractivity contribution in [2.24, 2.45) is 5.73 Å². The molecule has 0 radical (unpaired) electrons. The minimum absolute atomic E-state index is 0.0972. The molecule has 0 amide bonds. The lowest BCUT2D eigenvalue weighted by Gasteiger charge is -2.06. The number of nitrogens with zero attached hydrogens (tertiary/aromatic N) is 1. The van der Waals surface area contributed by atoms with Gasteiger partial charge in [0, 0.05) is 18.9 Å². The van der Waals surface area contributed by atoms with Gasteiger partial charge in [0.2, 0.25) is 0 Å². The number of nitrogens with two attached hydrogens (primary N) is 1. The number of carboxylic acids is 1. The van der Waals surface area contributed by atoms with E-state index in [2.05, 4.69) is 0 Å². The summed E-state index contributed by atoms with van der Waals surface area (Å²) in [7, 11) is 0. The maximum atomic E-state index is 10.4. The quantitative estimate of drug-likeness (QED) is 0.644. The third kappa shape index (κ3) is 4.64. The molecule has 0 aliphatic rings. The van der Waals surface area contributed by atoms with Crippen LogP contribution in [-0.4, -0.2) is 33.9 Å². The first-order chi connectivity index (χ1) is 6.63. The minimum Gasteiger partial charge on any atom is -0.480 e. The number of hydrogen-bond acceptors (Lipinski definition) is 3. The van der Waals surface area contributed by atoms with Gasteiger partial charge in [-0.25, -0.2) is 4.79 Å². The first-order valence-electron chi connectivity index (χ1n) is 4.29. The summed E-state index contributed by atoms with van der Waals surface area (Å²) in [5.74, 6) is -0.809. The predicted molar refractivity (Wildman–Crippen MR) is 52.9 cm³/mol. The van der Waals surface area contributed by atoms with Gasteiger partial charge in [-0.15, -0.1) is 0 Å². The number of aliphatic hydroxyl groups excluding tert-OH is 1. The summed E-state index contributed by atoms with van der Waals surface area (Å²) in [4.78, 5) is 10.4. The second-order valence-electron chi connectivity index (χ2n) is 2.66. The van der Waals surface area contributed by atoms with Crippen LogP contribution in [0.1, 0.15) is 13.0 Å². The number of aliphatic hydroxyl groups is 1. The molecule has 80 valence electrons. The number of rotatable bonds is 3. The fourth-order valence-corrected chi connectivity index (χ4v) is 0.734. The van der Waals surface area contributed by atoms with Crippen LogP contribution in [0.2, 0.25) is 0 Å². The first-order valence-corrected chi connectivity index (χ1v) is 4.29. The smallest absolute Gasteiger partial charge is 0.326 e. The molecule has 1 aromatic rings. The van der Waals surface area contributed by atoms with Gasteiger partial charge in [-0.3, -0.25) is 0 Å². The molecule has 4 N–H and O–H groups in total. The highest BCUT2D eigenvalue weighted by atomic mass is 16.4. The molecule has 1 rings (SSSR count). The molecular formula is C9H16N2O3. The molecule has 0 fully saturated rings.